The molecule has 1 unspecified atom stereocenters. The number of unbranched alkanes of at least 4 members (excludes halogenated alkanes) is 1. The molecule has 0 fully saturated rings. The second-order valence-electron chi connectivity index (χ2n) is 4.28. The largest absolute Gasteiger partial charge is 0.433 e. The second kappa shape index (κ2) is 9.08. The van der Waals surface area contributed by atoms with Gasteiger partial charge in [-0.25, -0.2) is 0 Å². The van der Waals surface area contributed by atoms with Gasteiger partial charge in [0.2, 0.25) is 6.19 Å². The molecular weight excluding hydrogens is 267 g/mol. The highest BCUT2D eigenvalue weighted by molar-refractivity contribution is 5.25. The minimum absolute atomic E-state index is 0.273. The van der Waals surface area contributed by atoms with Gasteiger partial charge in [-0.15, -0.1) is 0 Å². The minimum Gasteiger partial charge on any atom is -0.251 e. The van der Waals surface area contributed by atoms with Gasteiger partial charge in [0, 0.05) is 12.9 Å². The number of pyridine rings is 1. The van der Waals surface area contributed by atoms with Crippen LogP contribution in [0.3, 0.4) is 0 Å². The Kier molecular flexibility index (Phi) is 8.21. The summed E-state index contributed by atoms with van der Waals surface area (Å²) in [5, 5.41) is 7.40. The highest BCUT2D eigenvalue weighted by atomic mass is 19.4. The minimum atomic E-state index is -4.34. The van der Waals surface area contributed by atoms with E-state index >= 15 is 0 Å². The Bertz CT molecular complexity index is 432. The number of hydrogen-bond acceptors (Lipinski definition) is 3. The monoisotopic (exact) mass is 285 g/mol. The molecule has 0 bridgehead atoms. The molecule has 0 amide bonds. The highest BCUT2D eigenvalue weighted by Gasteiger charge is 2.32. The Morgan fingerprint density at radius 1 is 1.45 bits per heavy atom. The standard InChI is InChI=1S/C12H16F3N.C2H2N2/c1-3-4-5-9(2)10-6-7-11(16-8-10)12(13,14)15;1-4-2-3/h6-9H,3-5H2,1-2H3;1H2. The van der Waals surface area contributed by atoms with Crippen molar-refractivity contribution < 1.29 is 13.2 Å². The van der Waals surface area contributed by atoms with Gasteiger partial charge >= 0.3 is 6.18 Å². The second-order valence-corrected chi connectivity index (χ2v) is 4.28. The van der Waals surface area contributed by atoms with Crippen molar-refractivity contribution in [2.45, 2.75) is 45.2 Å². The van der Waals surface area contributed by atoms with Crippen molar-refractivity contribution in [1.29, 1.82) is 5.26 Å². The van der Waals surface area contributed by atoms with Crippen LogP contribution in [-0.4, -0.2) is 11.7 Å². The van der Waals surface area contributed by atoms with Gasteiger partial charge in [0.1, 0.15) is 5.69 Å². The van der Waals surface area contributed by atoms with Crippen LogP contribution in [0.5, 0.6) is 0 Å². The maximum absolute atomic E-state index is 12.3. The summed E-state index contributed by atoms with van der Waals surface area (Å²) < 4.78 is 36.8. The summed E-state index contributed by atoms with van der Waals surface area (Å²) in [7, 11) is 0. The zero-order chi connectivity index (χ0) is 15.6. The number of nitrogens with zero attached hydrogens (tertiary/aromatic N) is 3. The zero-order valence-corrected chi connectivity index (χ0v) is 11.6. The molecule has 1 heterocycles. The number of nitriles is 1. The summed E-state index contributed by atoms with van der Waals surface area (Å²) >= 11 is 0. The van der Waals surface area contributed by atoms with E-state index in [0.717, 1.165) is 30.9 Å². The normalized spacial score (nSPS) is 11.8. The molecule has 0 aliphatic carbocycles. The van der Waals surface area contributed by atoms with Crippen LogP contribution in [0.25, 0.3) is 0 Å². The van der Waals surface area contributed by atoms with E-state index in [9.17, 15) is 13.2 Å². The third-order valence-electron chi connectivity index (χ3n) is 2.71. The summed E-state index contributed by atoms with van der Waals surface area (Å²) in [6.45, 7) is 6.98. The third kappa shape index (κ3) is 6.88. The van der Waals surface area contributed by atoms with Crippen molar-refractivity contribution in [3.8, 4) is 6.19 Å². The third-order valence-corrected chi connectivity index (χ3v) is 2.71. The smallest absolute Gasteiger partial charge is 0.251 e. The van der Waals surface area contributed by atoms with Gasteiger partial charge in [-0.2, -0.15) is 23.4 Å². The molecular formula is C14H18F3N3. The molecule has 0 aromatic carbocycles. The molecule has 110 valence electrons. The lowest BCUT2D eigenvalue weighted by Gasteiger charge is -2.12. The zero-order valence-electron chi connectivity index (χ0n) is 11.6. The van der Waals surface area contributed by atoms with Crippen molar-refractivity contribution >= 4 is 6.72 Å². The SMILES string of the molecule is C=NC#N.CCCCC(C)c1ccc(C(F)(F)F)nc1. The number of halogens is 3. The fourth-order valence-electron chi connectivity index (χ4n) is 1.54. The number of hydrogen-bond donors (Lipinski definition) is 0. The number of alkyl halides is 3. The molecule has 0 N–H and O–H groups in total. The van der Waals surface area contributed by atoms with Crippen LogP contribution in [-0.2, 0) is 6.18 Å². The molecule has 0 aliphatic heterocycles. The van der Waals surface area contributed by atoms with Crippen LogP contribution < -0.4 is 0 Å². The summed E-state index contributed by atoms with van der Waals surface area (Å²) in [6, 6.07) is 2.58. The molecule has 0 saturated carbocycles. The first-order valence-electron chi connectivity index (χ1n) is 6.24. The maximum atomic E-state index is 12.3. The Balaban J connectivity index is 0.000000796. The van der Waals surface area contributed by atoms with Gasteiger partial charge in [-0.1, -0.05) is 32.8 Å². The Hall–Kier alpha value is -1.90. The van der Waals surface area contributed by atoms with Gasteiger partial charge in [-0.05, 0) is 24.0 Å². The van der Waals surface area contributed by atoms with Gasteiger partial charge in [0.15, 0.2) is 0 Å². The van der Waals surface area contributed by atoms with Crippen LogP contribution in [0.15, 0.2) is 23.3 Å². The predicted molar refractivity (Wildman–Crippen MR) is 72.3 cm³/mol. The van der Waals surface area contributed by atoms with Crippen LogP contribution in [0.4, 0.5) is 13.2 Å². The Labute approximate surface area is 117 Å². The first-order valence-corrected chi connectivity index (χ1v) is 6.24. The summed E-state index contributed by atoms with van der Waals surface area (Å²) in [5.74, 6) is 0.273. The molecule has 1 aromatic heterocycles. The van der Waals surface area contributed by atoms with Crippen LogP contribution in [0.2, 0.25) is 0 Å². The molecule has 0 radical (unpaired) electrons. The van der Waals surface area contributed by atoms with Gasteiger partial charge < -0.3 is 0 Å². The molecule has 20 heavy (non-hydrogen) atoms. The first-order chi connectivity index (χ1) is 9.36. The number of aromatic nitrogens is 1. The van der Waals surface area contributed by atoms with E-state index in [2.05, 4.69) is 23.6 Å². The lowest BCUT2D eigenvalue weighted by Crippen LogP contribution is -2.08. The van der Waals surface area contributed by atoms with E-state index in [1.165, 1.54) is 18.5 Å². The van der Waals surface area contributed by atoms with Gasteiger partial charge in [0.05, 0.1) is 0 Å². The quantitative estimate of drug-likeness (QED) is 0.601. The summed E-state index contributed by atoms with van der Waals surface area (Å²) in [5.41, 5.74) is 0.0559. The van der Waals surface area contributed by atoms with E-state index < -0.39 is 11.9 Å². The van der Waals surface area contributed by atoms with Crippen molar-refractivity contribution in [3.05, 3.63) is 29.6 Å². The summed E-state index contributed by atoms with van der Waals surface area (Å²) in [4.78, 5) is 6.25. The lowest BCUT2D eigenvalue weighted by atomic mass is 9.97. The van der Waals surface area contributed by atoms with Crippen molar-refractivity contribution in [2.24, 2.45) is 4.99 Å². The van der Waals surface area contributed by atoms with E-state index in [4.69, 9.17) is 5.26 Å². The van der Waals surface area contributed by atoms with Crippen molar-refractivity contribution in [1.82, 2.24) is 4.98 Å². The molecule has 1 atom stereocenters. The molecule has 3 nitrogen and oxygen atoms in total. The number of aliphatic imine (C=N–C) groups is 1. The Morgan fingerprint density at radius 2 is 2.05 bits per heavy atom. The predicted octanol–water partition coefficient (Wildman–Crippen LogP) is 4.56. The molecule has 0 aliphatic rings. The Morgan fingerprint density at radius 3 is 2.40 bits per heavy atom. The van der Waals surface area contributed by atoms with E-state index in [0.29, 0.717) is 0 Å². The van der Waals surface area contributed by atoms with Crippen molar-refractivity contribution in [2.75, 3.05) is 0 Å². The van der Waals surface area contributed by atoms with E-state index in [1.54, 1.807) is 0 Å². The molecule has 6 heteroatoms. The van der Waals surface area contributed by atoms with E-state index in [-0.39, 0.29) is 5.92 Å². The molecule has 0 saturated heterocycles. The van der Waals surface area contributed by atoms with Crippen LogP contribution in [0.1, 0.15) is 50.3 Å². The van der Waals surface area contributed by atoms with E-state index in [1.807, 2.05) is 6.92 Å². The average Bonchev–Trinajstić information content (AvgIpc) is 2.44. The van der Waals surface area contributed by atoms with Crippen LogP contribution in [0, 0.1) is 11.5 Å². The number of rotatable bonds is 4. The maximum Gasteiger partial charge on any atom is 0.433 e. The lowest BCUT2D eigenvalue weighted by molar-refractivity contribution is -0.141. The average molecular weight is 285 g/mol. The molecule has 0 spiro atoms. The summed E-state index contributed by atoms with van der Waals surface area (Å²) in [6.07, 6.45) is 1.61. The van der Waals surface area contributed by atoms with Gasteiger partial charge in [0.25, 0.3) is 0 Å². The fourth-order valence-corrected chi connectivity index (χ4v) is 1.54. The molecule has 1 rings (SSSR count). The van der Waals surface area contributed by atoms with Gasteiger partial charge in [-0.3, -0.25) is 4.98 Å². The van der Waals surface area contributed by atoms with Crippen LogP contribution >= 0.6 is 0 Å². The fraction of sp³-hybridized carbons (Fsp3) is 0.500. The van der Waals surface area contributed by atoms with Crippen molar-refractivity contribution in [3.63, 3.8) is 0 Å². The highest BCUT2D eigenvalue weighted by Crippen LogP contribution is 2.28. The topological polar surface area (TPSA) is 49.0 Å². The first kappa shape index (κ1) is 18.1. The molecule has 1 aromatic rings.